The van der Waals surface area contributed by atoms with Gasteiger partial charge in [-0.1, -0.05) is 25.1 Å². The van der Waals surface area contributed by atoms with Gasteiger partial charge in [0.05, 0.1) is 7.11 Å². The minimum absolute atomic E-state index is 0.0286. The summed E-state index contributed by atoms with van der Waals surface area (Å²) >= 11 is 0. The van der Waals surface area contributed by atoms with Crippen molar-refractivity contribution >= 4 is 11.6 Å². The smallest absolute Gasteiger partial charge is 0.242 e. The van der Waals surface area contributed by atoms with Gasteiger partial charge in [-0.15, -0.1) is 0 Å². The molecule has 0 heterocycles. The zero-order valence-corrected chi connectivity index (χ0v) is 14.1. The molecule has 2 aromatic carbocycles. The SMILES string of the molecule is CCC(Nc1cccc(OC)c1)C(=O)NCCc1ccc(O)cc1. The fraction of sp³-hybridized carbons (Fsp3) is 0.316. The summed E-state index contributed by atoms with van der Waals surface area (Å²) in [5, 5.41) is 15.5. The quantitative estimate of drug-likeness (QED) is 0.697. The Labute approximate surface area is 142 Å². The lowest BCUT2D eigenvalue weighted by molar-refractivity contribution is -0.121. The molecule has 24 heavy (non-hydrogen) atoms. The molecule has 0 spiro atoms. The van der Waals surface area contributed by atoms with Gasteiger partial charge in [0.15, 0.2) is 0 Å². The molecule has 128 valence electrons. The summed E-state index contributed by atoms with van der Waals surface area (Å²) in [5.74, 6) is 0.970. The van der Waals surface area contributed by atoms with Crippen LogP contribution in [0.5, 0.6) is 11.5 Å². The number of amides is 1. The Balaban J connectivity index is 1.85. The maximum absolute atomic E-state index is 12.3. The van der Waals surface area contributed by atoms with E-state index in [4.69, 9.17) is 4.74 Å². The maximum Gasteiger partial charge on any atom is 0.242 e. The molecule has 0 fully saturated rings. The monoisotopic (exact) mass is 328 g/mol. The number of methoxy groups -OCH3 is 1. The molecule has 1 unspecified atom stereocenters. The van der Waals surface area contributed by atoms with Gasteiger partial charge in [-0.3, -0.25) is 4.79 Å². The Bertz CT molecular complexity index is 656. The lowest BCUT2D eigenvalue weighted by Crippen LogP contribution is -2.40. The summed E-state index contributed by atoms with van der Waals surface area (Å²) in [6, 6.07) is 14.2. The van der Waals surface area contributed by atoms with Crippen LogP contribution in [0.1, 0.15) is 18.9 Å². The first kappa shape index (κ1) is 17.7. The molecule has 0 aromatic heterocycles. The minimum atomic E-state index is -0.295. The molecule has 1 amide bonds. The zero-order chi connectivity index (χ0) is 17.4. The first-order chi connectivity index (χ1) is 11.6. The lowest BCUT2D eigenvalue weighted by atomic mass is 10.1. The zero-order valence-electron chi connectivity index (χ0n) is 14.1. The molecule has 0 bridgehead atoms. The predicted molar refractivity (Wildman–Crippen MR) is 95.5 cm³/mol. The van der Waals surface area contributed by atoms with E-state index in [0.717, 1.165) is 23.4 Å². The summed E-state index contributed by atoms with van der Waals surface area (Å²) in [7, 11) is 1.62. The maximum atomic E-state index is 12.3. The number of nitrogens with one attached hydrogen (secondary N) is 2. The molecule has 5 nitrogen and oxygen atoms in total. The van der Waals surface area contributed by atoms with Crippen molar-refractivity contribution in [2.45, 2.75) is 25.8 Å². The summed E-state index contributed by atoms with van der Waals surface area (Å²) in [4.78, 5) is 12.3. The standard InChI is InChI=1S/C19H24N2O3/c1-3-18(21-15-5-4-6-17(13-15)24-2)19(23)20-12-11-14-7-9-16(22)10-8-14/h4-10,13,18,21-22H,3,11-12H2,1-2H3,(H,20,23). The Morgan fingerprint density at radius 2 is 1.96 bits per heavy atom. The van der Waals surface area contributed by atoms with Crippen LogP contribution in [0, 0.1) is 0 Å². The summed E-state index contributed by atoms with van der Waals surface area (Å²) in [6.07, 6.45) is 1.41. The summed E-state index contributed by atoms with van der Waals surface area (Å²) in [5.41, 5.74) is 1.93. The molecule has 1 atom stereocenters. The topological polar surface area (TPSA) is 70.6 Å². The van der Waals surface area contributed by atoms with Crippen LogP contribution in [-0.4, -0.2) is 30.7 Å². The van der Waals surface area contributed by atoms with Crippen molar-refractivity contribution in [1.82, 2.24) is 5.32 Å². The highest BCUT2D eigenvalue weighted by molar-refractivity contribution is 5.84. The van der Waals surface area contributed by atoms with Crippen LogP contribution in [0.2, 0.25) is 0 Å². The van der Waals surface area contributed by atoms with Crippen molar-refractivity contribution in [2.24, 2.45) is 0 Å². The number of phenols is 1. The number of hydrogen-bond donors (Lipinski definition) is 3. The highest BCUT2D eigenvalue weighted by Crippen LogP contribution is 2.18. The fourth-order valence-electron chi connectivity index (χ4n) is 2.38. The third-order valence-corrected chi connectivity index (χ3v) is 3.78. The van der Waals surface area contributed by atoms with Crippen LogP contribution >= 0.6 is 0 Å². The van der Waals surface area contributed by atoms with Crippen LogP contribution in [0.4, 0.5) is 5.69 Å². The van der Waals surface area contributed by atoms with E-state index in [1.54, 1.807) is 19.2 Å². The molecular weight excluding hydrogens is 304 g/mol. The lowest BCUT2D eigenvalue weighted by Gasteiger charge is -2.18. The van der Waals surface area contributed by atoms with Crippen LogP contribution in [0.25, 0.3) is 0 Å². The van der Waals surface area contributed by atoms with Crippen LogP contribution < -0.4 is 15.4 Å². The van der Waals surface area contributed by atoms with E-state index in [9.17, 15) is 9.90 Å². The van der Waals surface area contributed by atoms with E-state index < -0.39 is 0 Å². The van der Waals surface area contributed by atoms with Crippen LogP contribution in [-0.2, 0) is 11.2 Å². The second kappa shape index (κ2) is 8.82. The third kappa shape index (κ3) is 5.19. The second-order valence-corrected chi connectivity index (χ2v) is 5.54. The van der Waals surface area contributed by atoms with E-state index >= 15 is 0 Å². The number of aromatic hydroxyl groups is 1. The number of phenolic OH excluding ortho intramolecular Hbond substituents is 1. The van der Waals surface area contributed by atoms with E-state index in [2.05, 4.69) is 10.6 Å². The average molecular weight is 328 g/mol. The van der Waals surface area contributed by atoms with Gasteiger partial charge in [-0.05, 0) is 42.7 Å². The fourth-order valence-corrected chi connectivity index (χ4v) is 2.38. The van der Waals surface area contributed by atoms with Gasteiger partial charge in [0.2, 0.25) is 5.91 Å². The van der Waals surface area contributed by atoms with Crippen LogP contribution in [0.3, 0.4) is 0 Å². The largest absolute Gasteiger partial charge is 0.508 e. The Morgan fingerprint density at radius 1 is 1.21 bits per heavy atom. The summed E-state index contributed by atoms with van der Waals surface area (Å²) < 4.78 is 5.19. The van der Waals surface area contributed by atoms with Gasteiger partial charge in [-0.2, -0.15) is 0 Å². The molecule has 0 aliphatic rings. The molecule has 2 aromatic rings. The van der Waals surface area contributed by atoms with E-state index in [1.165, 1.54) is 0 Å². The Hall–Kier alpha value is -2.69. The molecule has 0 saturated carbocycles. The van der Waals surface area contributed by atoms with Crippen molar-refractivity contribution in [3.63, 3.8) is 0 Å². The number of rotatable bonds is 8. The molecule has 2 rings (SSSR count). The normalized spacial score (nSPS) is 11.6. The predicted octanol–water partition coefficient (Wildman–Crippen LogP) is 2.95. The number of ether oxygens (including phenoxy) is 1. The highest BCUT2D eigenvalue weighted by Gasteiger charge is 2.15. The molecular formula is C19H24N2O3. The molecule has 5 heteroatoms. The number of carbonyl (C=O) groups is 1. The molecule has 0 saturated heterocycles. The van der Waals surface area contributed by atoms with Crippen molar-refractivity contribution in [2.75, 3.05) is 19.0 Å². The first-order valence-corrected chi connectivity index (χ1v) is 8.08. The minimum Gasteiger partial charge on any atom is -0.508 e. The average Bonchev–Trinajstić information content (AvgIpc) is 2.61. The van der Waals surface area contributed by atoms with E-state index in [1.807, 2.05) is 43.3 Å². The highest BCUT2D eigenvalue weighted by atomic mass is 16.5. The van der Waals surface area contributed by atoms with Gasteiger partial charge < -0.3 is 20.5 Å². The van der Waals surface area contributed by atoms with E-state index in [0.29, 0.717) is 13.0 Å². The Kier molecular flexibility index (Phi) is 6.49. The first-order valence-electron chi connectivity index (χ1n) is 8.08. The molecule has 0 aliphatic carbocycles. The van der Waals surface area contributed by atoms with Gasteiger partial charge in [0.1, 0.15) is 17.5 Å². The summed E-state index contributed by atoms with van der Waals surface area (Å²) in [6.45, 7) is 2.53. The van der Waals surface area contributed by atoms with Gasteiger partial charge in [0.25, 0.3) is 0 Å². The van der Waals surface area contributed by atoms with Gasteiger partial charge in [0, 0.05) is 18.3 Å². The number of hydrogen-bond acceptors (Lipinski definition) is 4. The number of carbonyl (C=O) groups excluding carboxylic acids is 1. The van der Waals surface area contributed by atoms with Crippen molar-refractivity contribution in [1.29, 1.82) is 0 Å². The van der Waals surface area contributed by atoms with Crippen LogP contribution in [0.15, 0.2) is 48.5 Å². The van der Waals surface area contributed by atoms with Gasteiger partial charge in [-0.25, -0.2) is 0 Å². The number of benzene rings is 2. The second-order valence-electron chi connectivity index (χ2n) is 5.54. The van der Waals surface area contributed by atoms with E-state index in [-0.39, 0.29) is 17.7 Å². The third-order valence-electron chi connectivity index (χ3n) is 3.78. The molecule has 3 N–H and O–H groups in total. The van der Waals surface area contributed by atoms with Crippen molar-refractivity contribution in [3.8, 4) is 11.5 Å². The van der Waals surface area contributed by atoms with Crippen molar-refractivity contribution in [3.05, 3.63) is 54.1 Å². The Morgan fingerprint density at radius 3 is 2.62 bits per heavy atom. The molecule has 0 radical (unpaired) electrons. The molecule has 0 aliphatic heterocycles. The number of anilines is 1. The van der Waals surface area contributed by atoms with Gasteiger partial charge >= 0.3 is 0 Å². The van der Waals surface area contributed by atoms with Crippen molar-refractivity contribution < 1.29 is 14.6 Å².